The fourth-order valence-corrected chi connectivity index (χ4v) is 3.81. The first-order valence-electron chi connectivity index (χ1n) is 10.1. The summed E-state index contributed by atoms with van der Waals surface area (Å²) in [5, 5.41) is 13.4. The molecule has 3 aromatic heterocycles. The van der Waals surface area contributed by atoms with Gasteiger partial charge in [-0.25, -0.2) is 0 Å². The summed E-state index contributed by atoms with van der Waals surface area (Å²) in [7, 11) is 0. The van der Waals surface area contributed by atoms with Gasteiger partial charge in [0.05, 0.1) is 18.3 Å². The van der Waals surface area contributed by atoms with E-state index in [9.17, 15) is 4.79 Å². The van der Waals surface area contributed by atoms with E-state index in [0.29, 0.717) is 24.5 Å². The van der Waals surface area contributed by atoms with Crippen molar-refractivity contribution in [3.8, 4) is 0 Å². The highest BCUT2D eigenvalue weighted by Crippen LogP contribution is 2.25. The van der Waals surface area contributed by atoms with Gasteiger partial charge in [-0.1, -0.05) is 30.3 Å². The van der Waals surface area contributed by atoms with Crippen molar-refractivity contribution in [2.45, 2.75) is 26.9 Å². The lowest BCUT2D eigenvalue weighted by molar-refractivity contribution is 0.0698. The second-order valence-electron chi connectivity index (χ2n) is 7.70. The third-order valence-electron chi connectivity index (χ3n) is 5.55. The Kier molecular flexibility index (Phi) is 4.71. The molecule has 0 saturated heterocycles. The monoisotopic (exact) mass is 411 g/mol. The number of aromatic nitrogens is 4. The van der Waals surface area contributed by atoms with Crippen molar-refractivity contribution in [1.82, 2.24) is 24.9 Å². The van der Waals surface area contributed by atoms with Gasteiger partial charge < -0.3 is 9.32 Å². The highest BCUT2D eigenvalue weighted by molar-refractivity contribution is 5.92. The molecule has 0 atom stereocenters. The number of tetrazole rings is 1. The second-order valence-corrected chi connectivity index (χ2v) is 7.70. The summed E-state index contributed by atoms with van der Waals surface area (Å²) in [5.74, 6) is 0.124. The van der Waals surface area contributed by atoms with Gasteiger partial charge in [0.1, 0.15) is 0 Å². The van der Waals surface area contributed by atoms with Gasteiger partial charge in [0.15, 0.2) is 11.4 Å². The van der Waals surface area contributed by atoms with Crippen LogP contribution in [-0.4, -0.2) is 30.8 Å². The van der Waals surface area contributed by atoms with Crippen LogP contribution in [0.3, 0.4) is 0 Å². The first-order chi connectivity index (χ1) is 15.1. The average Bonchev–Trinajstić information content (AvgIpc) is 3.47. The lowest BCUT2D eigenvalue weighted by Crippen LogP contribution is -2.30. The van der Waals surface area contributed by atoms with E-state index in [1.807, 2.05) is 30.3 Å². The van der Waals surface area contributed by atoms with Crippen LogP contribution in [-0.2, 0) is 13.1 Å². The molecular weight excluding hydrogens is 390 g/mol. The normalized spacial score (nSPS) is 11.3. The van der Waals surface area contributed by atoms with Crippen LogP contribution in [0.1, 0.15) is 32.8 Å². The second kappa shape index (κ2) is 7.68. The Balaban J connectivity index is 1.60. The average molecular weight is 411 g/mol. The Labute approximate surface area is 178 Å². The molecule has 2 aromatic carbocycles. The minimum absolute atomic E-state index is 0.181. The summed E-state index contributed by atoms with van der Waals surface area (Å²) < 4.78 is 7.13. The molecule has 154 valence electrons. The molecule has 0 aliphatic heterocycles. The maximum Gasteiger partial charge on any atom is 0.290 e. The fraction of sp³-hybridized carbons (Fsp3) is 0.167. The van der Waals surface area contributed by atoms with Crippen molar-refractivity contribution in [2.75, 3.05) is 0 Å². The van der Waals surface area contributed by atoms with Gasteiger partial charge in [0.2, 0.25) is 0 Å². The zero-order chi connectivity index (χ0) is 21.4. The Bertz CT molecular complexity index is 1370. The molecule has 0 unspecified atom stereocenters. The van der Waals surface area contributed by atoms with Crippen molar-refractivity contribution in [2.24, 2.45) is 0 Å². The maximum absolute atomic E-state index is 13.2. The van der Waals surface area contributed by atoms with Gasteiger partial charge in [-0.15, -0.1) is 5.10 Å². The number of aryl methyl sites for hydroxylation is 2. The zero-order valence-corrected chi connectivity index (χ0v) is 17.3. The van der Waals surface area contributed by atoms with Gasteiger partial charge in [0, 0.05) is 17.5 Å². The highest BCUT2D eigenvalue weighted by Gasteiger charge is 2.21. The molecule has 0 spiro atoms. The molecule has 0 aliphatic rings. The van der Waals surface area contributed by atoms with E-state index in [0.717, 1.165) is 22.0 Å². The summed E-state index contributed by atoms with van der Waals surface area (Å²) in [6.07, 6.45) is 1.51. The van der Waals surface area contributed by atoms with Crippen LogP contribution in [0, 0.1) is 13.8 Å². The number of furan rings is 1. The third-order valence-corrected chi connectivity index (χ3v) is 5.55. The largest absolute Gasteiger partial charge is 0.459 e. The number of amides is 1. The van der Waals surface area contributed by atoms with Crippen molar-refractivity contribution < 1.29 is 9.21 Å². The standard InChI is InChI=1S/C24H21N5O2/c1-16-11-19-13-20(23-25-26-27-29(23)21(19)12-17(16)2)15-28(14-18-7-4-3-5-8-18)24(30)22-9-6-10-31-22/h3-13H,14-15H2,1-2H3. The van der Waals surface area contributed by atoms with Crippen molar-refractivity contribution in [3.05, 3.63) is 94.9 Å². The van der Waals surface area contributed by atoms with Crippen LogP contribution in [0.2, 0.25) is 0 Å². The lowest BCUT2D eigenvalue weighted by atomic mass is 10.0. The first-order valence-corrected chi connectivity index (χ1v) is 10.1. The van der Waals surface area contributed by atoms with Crippen LogP contribution in [0.5, 0.6) is 0 Å². The Morgan fingerprint density at radius 2 is 1.81 bits per heavy atom. The fourth-order valence-electron chi connectivity index (χ4n) is 3.81. The summed E-state index contributed by atoms with van der Waals surface area (Å²) >= 11 is 0. The molecule has 0 bridgehead atoms. The Morgan fingerprint density at radius 1 is 1.00 bits per heavy atom. The minimum Gasteiger partial charge on any atom is -0.459 e. The van der Waals surface area contributed by atoms with E-state index < -0.39 is 0 Å². The SMILES string of the molecule is Cc1cc2cc(CN(Cc3ccccc3)C(=O)c3ccco3)c3nnnn3c2cc1C. The molecule has 7 heteroatoms. The smallest absolute Gasteiger partial charge is 0.290 e. The van der Waals surface area contributed by atoms with Crippen LogP contribution in [0.15, 0.2) is 71.3 Å². The summed E-state index contributed by atoms with van der Waals surface area (Å²) in [6, 6.07) is 19.6. The van der Waals surface area contributed by atoms with E-state index >= 15 is 0 Å². The highest BCUT2D eigenvalue weighted by atomic mass is 16.3. The van der Waals surface area contributed by atoms with E-state index in [2.05, 4.69) is 47.6 Å². The van der Waals surface area contributed by atoms with Crippen LogP contribution in [0.25, 0.3) is 16.6 Å². The number of carbonyl (C=O) groups excluding carboxylic acids is 1. The number of fused-ring (bicyclic) bond motifs is 3. The molecule has 1 amide bonds. The quantitative estimate of drug-likeness (QED) is 0.430. The summed E-state index contributed by atoms with van der Waals surface area (Å²) in [6.45, 7) is 4.95. The van der Waals surface area contributed by atoms with E-state index in [4.69, 9.17) is 4.42 Å². The van der Waals surface area contributed by atoms with E-state index in [1.165, 1.54) is 17.4 Å². The number of hydrogen-bond donors (Lipinski definition) is 0. The van der Waals surface area contributed by atoms with E-state index in [-0.39, 0.29) is 5.91 Å². The van der Waals surface area contributed by atoms with Gasteiger partial charge in [0.25, 0.3) is 5.91 Å². The zero-order valence-electron chi connectivity index (χ0n) is 17.3. The van der Waals surface area contributed by atoms with E-state index in [1.54, 1.807) is 21.5 Å². The number of pyridine rings is 1. The Morgan fingerprint density at radius 3 is 2.58 bits per heavy atom. The molecule has 0 radical (unpaired) electrons. The Hall–Kier alpha value is -4.00. The molecule has 7 nitrogen and oxygen atoms in total. The van der Waals surface area contributed by atoms with Crippen molar-refractivity contribution >= 4 is 22.5 Å². The molecule has 0 N–H and O–H groups in total. The molecule has 5 rings (SSSR count). The summed E-state index contributed by atoms with van der Waals surface area (Å²) in [5.41, 5.74) is 5.86. The number of carbonyl (C=O) groups is 1. The molecule has 3 heterocycles. The van der Waals surface area contributed by atoms with Gasteiger partial charge in [-0.05, 0) is 71.3 Å². The van der Waals surface area contributed by atoms with Gasteiger partial charge in [-0.2, -0.15) is 4.52 Å². The lowest BCUT2D eigenvalue weighted by Gasteiger charge is -2.22. The van der Waals surface area contributed by atoms with Crippen LogP contribution >= 0.6 is 0 Å². The van der Waals surface area contributed by atoms with Crippen molar-refractivity contribution in [3.63, 3.8) is 0 Å². The number of rotatable bonds is 5. The predicted molar refractivity (Wildman–Crippen MR) is 116 cm³/mol. The predicted octanol–water partition coefficient (Wildman–Crippen LogP) is 4.33. The molecule has 31 heavy (non-hydrogen) atoms. The van der Waals surface area contributed by atoms with Crippen LogP contribution < -0.4 is 0 Å². The number of nitrogens with zero attached hydrogens (tertiary/aromatic N) is 5. The molecule has 0 saturated carbocycles. The van der Waals surface area contributed by atoms with Gasteiger partial charge in [-0.3, -0.25) is 4.79 Å². The van der Waals surface area contributed by atoms with Gasteiger partial charge >= 0.3 is 0 Å². The summed E-state index contributed by atoms with van der Waals surface area (Å²) in [4.78, 5) is 15.0. The minimum atomic E-state index is -0.181. The molecule has 0 fully saturated rings. The molecular formula is C24H21N5O2. The number of hydrogen-bond acceptors (Lipinski definition) is 5. The van der Waals surface area contributed by atoms with Crippen LogP contribution in [0.4, 0.5) is 0 Å². The van der Waals surface area contributed by atoms with Crippen molar-refractivity contribution in [1.29, 1.82) is 0 Å². The topological polar surface area (TPSA) is 76.5 Å². The molecule has 5 aromatic rings. The molecule has 0 aliphatic carbocycles. The maximum atomic E-state index is 13.2. The third kappa shape index (κ3) is 3.54. The first kappa shape index (κ1) is 19.0. The number of benzene rings is 2.